The first-order valence-electron chi connectivity index (χ1n) is 22.3. The monoisotopic (exact) mass is 885 g/mol. The fraction of sp³-hybridized carbons (Fsp3) is 0.674. The highest BCUT2D eigenvalue weighted by molar-refractivity contribution is 7.09. The van der Waals surface area contributed by atoms with E-state index in [0.29, 0.717) is 43.0 Å². The zero-order chi connectivity index (χ0) is 46.1. The number of nitrogens with two attached hydrogens (primary N) is 1. The molecule has 1 aliphatic rings. The second-order valence-corrected chi connectivity index (χ2v) is 18.9. The number of nitrogens with one attached hydrogen (secondary N) is 2. The Hall–Kier alpha value is -4.57. The van der Waals surface area contributed by atoms with Gasteiger partial charge in [-0.25, -0.2) is 4.98 Å². The van der Waals surface area contributed by atoms with Gasteiger partial charge in [0.1, 0.15) is 16.7 Å². The number of carbonyl (C=O) groups excluding carboxylic acids is 4. The van der Waals surface area contributed by atoms with E-state index in [-0.39, 0.29) is 61.2 Å². The van der Waals surface area contributed by atoms with E-state index >= 15 is 0 Å². The number of nitrogens with zero attached hydrogens (tertiary/aromatic N) is 3. The Labute approximate surface area is 371 Å². The van der Waals surface area contributed by atoms with Crippen LogP contribution in [-0.2, 0) is 35.1 Å². The summed E-state index contributed by atoms with van der Waals surface area (Å²) in [5.41, 5.74) is 6.28. The molecule has 6 N–H and O–H groups in total. The van der Waals surface area contributed by atoms with E-state index in [0.717, 1.165) is 55.4 Å². The number of esters is 1. The fourth-order valence-corrected chi connectivity index (χ4v) is 8.96. The third-order valence-corrected chi connectivity index (χ3v) is 12.9. The van der Waals surface area contributed by atoms with Gasteiger partial charge in [-0.3, -0.25) is 33.7 Å². The maximum Gasteiger partial charge on any atom is 0.317 e. The molecule has 1 fully saturated rings. The van der Waals surface area contributed by atoms with Crippen LogP contribution in [0, 0.1) is 17.3 Å². The number of aliphatic carboxylic acids is 2. The molecule has 16 heteroatoms. The summed E-state index contributed by atoms with van der Waals surface area (Å²) in [7, 11) is 0. The summed E-state index contributed by atoms with van der Waals surface area (Å²) in [6.45, 7) is 15.4. The van der Waals surface area contributed by atoms with E-state index in [2.05, 4.69) is 22.5 Å². The number of hydrogen-bond acceptors (Lipinski definition) is 11. The predicted molar refractivity (Wildman–Crippen MR) is 240 cm³/mol. The van der Waals surface area contributed by atoms with Crippen molar-refractivity contribution >= 4 is 52.7 Å². The standard InChI is InChI=1S/C46H72N6O9S/c1-9-11-12-14-22-52(44(58)41(30(5)10-2)50-39(54)24-35-16-13-15-21-51(35)27-40(55)56)37(29(3)4)25-38(61-31(6)53)43-49-36(28-62-43)42(57)48-34(26-46(7,8)45(59)60)23-32-17-19-33(47)20-18-32/h17-20,28-30,34-35,37-38,41H,9-16,21-27,47H2,1-8H3,(H,48,57)(H,50,54)(H,55,56)(H,59,60)/t30-,34-,35+,37+,38+,41-/m0/s1. The molecule has 1 saturated heterocycles. The lowest BCUT2D eigenvalue weighted by Gasteiger charge is -2.40. The first kappa shape index (κ1) is 51.8. The van der Waals surface area contributed by atoms with E-state index in [1.807, 2.05) is 49.6 Å². The summed E-state index contributed by atoms with van der Waals surface area (Å²) in [6.07, 6.45) is 6.57. The van der Waals surface area contributed by atoms with Crippen molar-refractivity contribution < 1.29 is 43.7 Å². The molecule has 346 valence electrons. The highest BCUT2D eigenvalue weighted by Gasteiger charge is 2.38. The molecule has 2 aromatic rings. The summed E-state index contributed by atoms with van der Waals surface area (Å²) in [4.78, 5) is 87.1. The van der Waals surface area contributed by atoms with Gasteiger partial charge in [-0.1, -0.05) is 78.9 Å². The van der Waals surface area contributed by atoms with Crippen LogP contribution in [0.5, 0.6) is 0 Å². The molecule has 0 unspecified atom stereocenters. The van der Waals surface area contributed by atoms with Crippen molar-refractivity contribution in [2.45, 2.75) is 163 Å². The Morgan fingerprint density at radius 2 is 1.71 bits per heavy atom. The number of rotatable bonds is 26. The van der Waals surface area contributed by atoms with Crippen LogP contribution in [0.1, 0.15) is 153 Å². The Morgan fingerprint density at radius 3 is 2.31 bits per heavy atom. The fourth-order valence-electron chi connectivity index (χ4n) is 8.12. The van der Waals surface area contributed by atoms with Gasteiger partial charge in [-0.05, 0) is 82.0 Å². The van der Waals surface area contributed by atoms with Crippen molar-refractivity contribution in [3.8, 4) is 0 Å². The van der Waals surface area contributed by atoms with Gasteiger partial charge in [0.15, 0.2) is 6.10 Å². The topological polar surface area (TPSA) is 222 Å². The quantitative estimate of drug-likeness (QED) is 0.0372. The normalized spacial score (nSPS) is 17.0. The molecular formula is C46H72N6O9S. The molecule has 15 nitrogen and oxygen atoms in total. The highest BCUT2D eigenvalue weighted by atomic mass is 32.1. The van der Waals surface area contributed by atoms with E-state index < -0.39 is 53.5 Å². The van der Waals surface area contributed by atoms with Gasteiger partial charge in [0.2, 0.25) is 11.8 Å². The predicted octanol–water partition coefficient (Wildman–Crippen LogP) is 6.86. The number of thiazole rings is 1. The summed E-state index contributed by atoms with van der Waals surface area (Å²) in [5, 5.41) is 27.4. The number of carbonyl (C=O) groups is 6. The molecule has 0 aliphatic carbocycles. The first-order valence-corrected chi connectivity index (χ1v) is 23.2. The zero-order valence-electron chi connectivity index (χ0n) is 38.1. The Morgan fingerprint density at radius 1 is 1.02 bits per heavy atom. The average Bonchev–Trinajstić information content (AvgIpc) is 3.70. The van der Waals surface area contributed by atoms with Crippen LogP contribution in [0.15, 0.2) is 29.6 Å². The SMILES string of the molecule is CCCCCCN(C(=O)[C@@H](NC(=O)C[C@H]1CCCCN1CC(=O)O)[C@@H](C)CC)[C@H](C[C@@H](OC(C)=O)c1nc(C(=O)N[C@@H](Cc2ccc(N)cc2)CC(C)(C)C(=O)O)cs1)C(C)C. The second kappa shape index (κ2) is 24.9. The summed E-state index contributed by atoms with van der Waals surface area (Å²) in [5.74, 6) is -3.85. The molecular weight excluding hydrogens is 813 g/mol. The number of benzene rings is 1. The number of carboxylic acid groups (broad SMARTS) is 2. The average molecular weight is 885 g/mol. The molecule has 0 spiro atoms. The maximum atomic E-state index is 14.9. The van der Waals surface area contributed by atoms with E-state index in [4.69, 9.17) is 10.5 Å². The van der Waals surface area contributed by atoms with Gasteiger partial charge in [0.05, 0.1) is 12.0 Å². The first-order chi connectivity index (χ1) is 29.3. The Kier molecular flexibility index (Phi) is 20.8. The number of unbranched alkanes of at least 4 members (excludes halogenated alkanes) is 3. The van der Waals surface area contributed by atoms with Gasteiger partial charge in [-0.2, -0.15) is 0 Å². The van der Waals surface area contributed by atoms with Gasteiger partial charge >= 0.3 is 17.9 Å². The van der Waals surface area contributed by atoms with Crippen LogP contribution in [0.4, 0.5) is 5.69 Å². The maximum absolute atomic E-state index is 14.9. The molecule has 1 aromatic carbocycles. The molecule has 62 heavy (non-hydrogen) atoms. The zero-order valence-corrected chi connectivity index (χ0v) is 38.9. The summed E-state index contributed by atoms with van der Waals surface area (Å²) >= 11 is 1.16. The number of carboxylic acids is 2. The van der Waals surface area contributed by atoms with Crippen LogP contribution in [0.25, 0.3) is 0 Å². The second-order valence-electron chi connectivity index (χ2n) is 18.0. The molecule has 3 amide bonds. The minimum atomic E-state index is -1.14. The molecule has 0 bridgehead atoms. The molecule has 1 aromatic heterocycles. The number of hydrogen-bond donors (Lipinski definition) is 5. The Bertz CT molecular complexity index is 1780. The third-order valence-electron chi connectivity index (χ3n) is 11.9. The molecule has 3 rings (SSSR count). The van der Waals surface area contributed by atoms with E-state index in [1.165, 1.54) is 6.92 Å². The molecule has 6 atom stereocenters. The lowest BCUT2D eigenvalue weighted by Crippen LogP contribution is -2.56. The van der Waals surface area contributed by atoms with Gasteiger partial charge in [-0.15, -0.1) is 11.3 Å². The molecule has 0 saturated carbocycles. The van der Waals surface area contributed by atoms with Gasteiger partial charge in [0, 0.05) is 55.5 Å². The van der Waals surface area contributed by atoms with Crippen LogP contribution < -0.4 is 16.4 Å². The van der Waals surface area contributed by atoms with E-state index in [1.54, 1.807) is 31.4 Å². The number of aromatic nitrogens is 1. The van der Waals surface area contributed by atoms with Crippen LogP contribution >= 0.6 is 11.3 Å². The van der Waals surface area contributed by atoms with E-state index in [9.17, 15) is 39.0 Å². The minimum Gasteiger partial charge on any atom is -0.481 e. The number of amides is 3. The Balaban J connectivity index is 1.93. The summed E-state index contributed by atoms with van der Waals surface area (Å²) in [6, 6.07) is 5.08. The molecule has 2 heterocycles. The van der Waals surface area contributed by atoms with Crippen molar-refractivity contribution in [1.29, 1.82) is 0 Å². The smallest absolute Gasteiger partial charge is 0.317 e. The van der Waals surface area contributed by atoms with Crippen molar-refractivity contribution in [2.75, 3.05) is 25.4 Å². The van der Waals surface area contributed by atoms with Crippen molar-refractivity contribution in [3.05, 3.63) is 45.9 Å². The van der Waals surface area contributed by atoms with Crippen LogP contribution in [0.2, 0.25) is 0 Å². The lowest BCUT2D eigenvalue weighted by atomic mass is 9.84. The van der Waals surface area contributed by atoms with Gasteiger partial charge < -0.3 is 36.2 Å². The van der Waals surface area contributed by atoms with Crippen molar-refractivity contribution in [1.82, 2.24) is 25.4 Å². The van der Waals surface area contributed by atoms with Crippen molar-refractivity contribution in [3.63, 3.8) is 0 Å². The van der Waals surface area contributed by atoms with Crippen molar-refractivity contribution in [2.24, 2.45) is 17.3 Å². The number of piperidine rings is 1. The van der Waals surface area contributed by atoms with Crippen LogP contribution in [-0.4, -0.2) is 104 Å². The summed E-state index contributed by atoms with van der Waals surface area (Å²) < 4.78 is 5.91. The number of nitrogen functional groups attached to an aromatic ring is 1. The molecule has 1 aliphatic heterocycles. The lowest BCUT2D eigenvalue weighted by molar-refractivity contribution is -0.150. The largest absolute Gasteiger partial charge is 0.481 e. The minimum absolute atomic E-state index is 0.0885. The highest BCUT2D eigenvalue weighted by Crippen LogP contribution is 2.32. The number of likely N-dealkylation sites (tertiary alicyclic amines) is 1. The number of ether oxygens (including phenoxy) is 1. The van der Waals surface area contributed by atoms with Gasteiger partial charge in [0.25, 0.3) is 5.91 Å². The van der Waals surface area contributed by atoms with Crippen LogP contribution in [0.3, 0.4) is 0 Å². The number of anilines is 1. The molecule has 0 radical (unpaired) electrons. The third kappa shape index (κ3) is 16.3.